The van der Waals surface area contributed by atoms with Gasteiger partial charge in [0.05, 0.1) is 4.88 Å². The van der Waals surface area contributed by atoms with Gasteiger partial charge in [-0.1, -0.05) is 6.07 Å². The normalized spacial score (nSPS) is 11.4. The summed E-state index contributed by atoms with van der Waals surface area (Å²) < 4.78 is 56.9. The Balaban J connectivity index is 1.57. The molecule has 4 aromatic rings. The molecule has 0 bridgehead atoms. The molecule has 0 atom stereocenters. The lowest BCUT2D eigenvalue weighted by molar-refractivity contribution is 0.460. The van der Waals surface area contributed by atoms with Crippen LogP contribution in [0.3, 0.4) is 0 Å². The number of hydrogen-bond acceptors (Lipinski definition) is 6. The highest BCUT2D eigenvalue weighted by Crippen LogP contribution is 2.33. The van der Waals surface area contributed by atoms with Crippen molar-refractivity contribution in [3.63, 3.8) is 0 Å². The summed E-state index contributed by atoms with van der Waals surface area (Å²) >= 11 is 1.45. The predicted octanol–water partition coefficient (Wildman–Crippen LogP) is 4.92. The second-order valence-electron chi connectivity index (χ2n) is 5.88. The third-order valence-electron chi connectivity index (χ3n) is 3.93. The highest BCUT2D eigenvalue weighted by Gasteiger charge is 2.26. The van der Waals surface area contributed by atoms with Crippen LogP contribution < -0.4 is 4.18 Å². The van der Waals surface area contributed by atoms with Gasteiger partial charge in [-0.15, -0.1) is 11.3 Å². The molecule has 29 heavy (non-hydrogen) atoms. The number of hydrogen-bond donors (Lipinski definition) is 0. The maximum Gasteiger partial charge on any atom is 0.345 e. The highest BCUT2D eigenvalue weighted by molar-refractivity contribution is 7.87. The van der Waals surface area contributed by atoms with Crippen molar-refractivity contribution in [2.75, 3.05) is 0 Å². The van der Waals surface area contributed by atoms with Crippen molar-refractivity contribution in [3.8, 4) is 26.8 Å². The molecule has 0 unspecified atom stereocenters. The van der Waals surface area contributed by atoms with Crippen LogP contribution in [0, 0.1) is 11.6 Å². The zero-order valence-electron chi connectivity index (χ0n) is 14.6. The van der Waals surface area contributed by atoms with Crippen LogP contribution in [0.1, 0.15) is 0 Å². The maximum atomic E-state index is 13.8. The first-order valence-corrected chi connectivity index (χ1v) is 10.5. The van der Waals surface area contributed by atoms with Crippen LogP contribution in [-0.2, 0) is 10.1 Å². The van der Waals surface area contributed by atoms with E-state index in [4.69, 9.17) is 4.18 Å². The van der Waals surface area contributed by atoms with Gasteiger partial charge in [-0.2, -0.15) is 8.42 Å². The summed E-state index contributed by atoms with van der Waals surface area (Å²) in [7, 11) is -4.65. The van der Waals surface area contributed by atoms with Crippen molar-refractivity contribution in [1.82, 2.24) is 9.97 Å². The zero-order chi connectivity index (χ0) is 20.4. The molecule has 2 aromatic carbocycles. The molecule has 0 aliphatic heterocycles. The van der Waals surface area contributed by atoms with E-state index in [1.54, 1.807) is 30.7 Å². The summed E-state index contributed by atoms with van der Waals surface area (Å²) in [4.78, 5) is 8.18. The largest absolute Gasteiger partial charge is 0.379 e. The Labute approximate surface area is 169 Å². The van der Waals surface area contributed by atoms with Crippen LogP contribution in [0.5, 0.6) is 5.75 Å². The topological polar surface area (TPSA) is 69.2 Å². The van der Waals surface area contributed by atoms with E-state index in [1.165, 1.54) is 23.5 Å². The van der Waals surface area contributed by atoms with E-state index in [9.17, 15) is 17.2 Å². The lowest BCUT2D eigenvalue weighted by Crippen LogP contribution is -2.13. The molecular weight excluding hydrogens is 418 g/mol. The van der Waals surface area contributed by atoms with Gasteiger partial charge in [0, 0.05) is 24.2 Å². The van der Waals surface area contributed by atoms with E-state index in [0.717, 1.165) is 39.2 Å². The Morgan fingerprint density at radius 1 is 0.862 bits per heavy atom. The number of halogens is 2. The average molecular weight is 430 g/mol. The third kappa shape index (κ3) is 4.01. The van der Waals surface area contributed by atoms with Crippen molar-refractivity contribution < 1.29 is 21.4 Å². The molecule has 9 heteroatoms. The molecule has 5 nitrogen and oxygen atoms in total. The summed E-state index contributed by atoms with van der Waals surface area (Å²) in [6.07, 6.45) is 5.10. The van der Waals surface area contributed by atoms with E-state index < -0.39 is 26.6 Å². The van der Waals surface area contributed by atoms with Gasteiger partial charge in [-0.05, 0) is 54.1 Å². The van der Waals surface area contributed by atoms with Gasteiger partial charge >= 0.3 is 10.1 Å². The molecule has 0 spiro atoms. The van der Waals surface area contributed by atoms with Gasteiger partial charge in [0.15, 0.2) is 4.90 Å². The van der Waals surface area contributed by atoms with E-state index in [-0.39, 0.29) is 5.75 Å². The van der Waals surface area contributed by atoms with Crippen molar-refractivity contribution >= 4 is 21.5 Å². The Kier molecular flexibility index (Phi) is 5.08. The molecule has 2 aromatic heterocycles. The Morgan fingerprint density at radius 3 is 2.24 bits per heavy atom. The van der Waals surface area contributed by atoms with E-state index in [1.807, 2.05) is 12.1 Å². The fourth-order valence-electron chi connectivity index (χ4n) is 2.59. The number of thiazole rings is 1. The monoisotopic (exact) mass is 430 g/mol. The second-order valence-corrected chi connectivity index (χ2v) is 8.40. The SMILES string of the molecule is O=S(=O)(Oc1ccc(-c2cnc(-c3cccnc3)s2)cc1)c1c(F)cccc1F. The number of rotatable bonds is 5. The average Bonchev–Trinajstić information content (AvgIpc) is 3.19. The molecule has 4 rings (SSSR count). The number of nitrogens with zero attached hydrogens (tertiary/aromatic N) is 2. The van der Waals surface area contributed by atoms with Crippen LogP contribution in [0.25, 0.3) is 21.0 Å². The summed E-state index contributed by atoms with van der Waals surface area (Å²) in [6, 6.07) is 12.6. The van der Waals surface area contributed by atoms with E-state index in [2.05, 4.69) is 9.97 Å². The van der Waals surface area contributed by atoms with E-state index in [0.29, 0.717) is 0 Å². The smallest absolute Gasteiger partial charge is 0.345 e. The third-order valence-corrected chi connectivity index (χ3v) is 6.33. The minimum Gasteiger partial charge on any atom is -0.379 e. The molecule has 0 saturated carbocycles. The summed E-state index contributed by atoms with van der Waals surface area (Å²) in [5, 5.41) is 0.797. The fourth-order valence-corrected chi connectivity index (χ4v) is 4.57. The van der Waals surface area contributed by atoms with Crippen LogP contribution in [0.15, 0.2) is 78.1 Å². The number of pyridine rings is 1. The van der Waals surface area contributed by atoms with Crippen molar-refractivity contribution in [2.24, 2.45) is 0 Å². The Hall–Kier alpha value is -3.17. The van der Waals surface area contributed by atoms with Gasteiger partial charge in [-0.25, -0.2) is 13.8 Å². The Morgan fingerprint density at radius 2 is 1.59 bits per heavy atom. The molecule has 0 aliphatic carbocycles. The predicted molar refractivity (Wildman–Crippen MR) is 105 cm³/mol. The second kappa shape index (κ2) is 7.69. The lowest BCUT2D eigenvalue weighted by atomic mass is 10.2. The molecule has 146 valence electrons. The molecule has 0 aliphatic rings. The molecular formula is C20H12F2N2O3S2. The van der Waals surface area contributed by atoms with Crippen LogP contribution >= 0.6 is 11.3 Å². The van der Waals surface area contributed by atoms with Crippen LogP contribution in [-0.4, -0.2) is 18.4 Å². The zero-order valence-corrected chi connectivity index (χ0v) is 16.3. The first-order valence-electron chi connectivity index (χ1n) is 8.29. The van der Waals surface area contributed by atoms with Gasteiger partial charge in [-0.3, -0.25) is 4.98 Å². The first kappa shape index (κ1) is 19.2. The molecule has 0 N–H and O–H groups in total. The minimum absolute atomic E-state index is 0.0617. The van der Waals surface area contributed by atoms with Gasteiger partial charge in [0.25, 0.3) is 0 Å². The fraction of sp³-hybridized carbons (Fsp3) is 0. The molecule has 0 amide bonds. The molecule has 0 fully saturated rings. The Bertz CT molecular complexity index is 1240. The van der Waals surface area contributed by atoms with E-state index >= 15 is 0 Å². The molecule has 2 heterocycles. The number of benzene rings is 2. The quantitative estimate of drug-likeness (QED) is 0.421. The molecule has 0 radical (unpaired) electrons. The van der Waals surface area contributed by atoms with Crippen LogP contribution in [0.4, 0.5) is 8.78 Å². The highest BCUT2D eigenvalue weighted by atomic mass is 32.2. The standard InChI is InChI=1S/C20H12F2N2O3S2/c21-16-4-1-5-17(22)19(16)29(25,26)27-15-8-6-13(7-9-15)18-12-24-20(28-18)14-3-2-10-23-11-14/h1-12H. The minimum atomic E-state index is -4.65. The summed E-state index contributed by atoms with van der Waals surface area (Å²) in [5.74, 6) is -2.49. The maximum absolute atomic E-state index is 13.8. The number of aromatic nitrogens is 2. The van der Waals surface area contributed by atoms with Gasteiger partial charge in [0.1, 0.15) is 22.4 Å². The van der Waals surface area contributed by atoms with Gasteiger partial charge in [0.2, 0.25) is 0 Å². The summed E-state index contributed by atoms with van der Waals surface area (Å²) in [6.45, 7) is 0. The van der Waals surface area contributed by atoms with Gasteiger partial charge < -0.3 is 4.18 Å². The van der Waals surface area contributed by atoms with Crippen molar-refractivity contribution in [3.05, 3.63) is 84.8 Å². The summed E-state index contributed by atoms with van der Waals surface area (Å²) in [5.41, 5.74) is 1.68. The molecule has 0 saturated heterocycles. The van der Waals surface area contributed by atoms with Crippen LogP contribution in [0.2, 0.25) is 0 Å². The lowest BCUT2D eigenvalue weighted by Gasteiger charge is -2.09. The van der Waals surface area contributed by atoms with Crippen molar-refractivity contribution in [1.29, 1.82) is 0 Å². The first-order chi connectivity index (χ1) is 13.9. The van der Waals surface area contributed by atoms with Crippen molar-refractivity contribution in [2.45, 2.75) is 4.90 Å².